The quantitative estimate of drug-likeness (QED) is 0.653. The molecule has 3 aromatic rings. The Morgan fingerprint density at radius 3 is 1.82 bits per heavy atom. The van der Waals surface area contributed by atoms with E-state index in [-0.39, 0.29) is 11.8 Å². The molecule has 0 heterocycles. The maximum Gasteiger partial charge on any atom is 0.255 e. The van der Waals surface area contributed by atoms with E-state index in [1.54, 1.807) is 43.5 Å². The first-order chi connectivity index (χ1) is 13.6. The van der Waals surface area contributed by atoms with Crippen molar-refractivity contribution in [3.63, 3.8) is 0 Å². The van der Waals surface area contributed by atoms with Crippen LogP contribution in [-0.2, 0) is 6.42 Å². The summed E-state index contributed by atoms with van der Waals surface area (Å²) in [6.45, 7) is 2.04. The van der Waals surface area contributed by atoms with Gasteiger partial charge >= 0.3 is 0 Å². The molecule has 28 heavy (non-hydrogen) atoms. The van der Waals surface area contributed by atoms with Crippen molar-refractivity contribution in [1.29, 1.82) is 0 Å². The molecule has 0 aliphatic carbocycles. The molecule has 5 heteroatoms. The summed E-state index contributed by atoms with van der Waals surface area (Å²) in [6.07, 6.45) is 0.832. The number of amides is 2. The third kappa shape index (κ3) is 4.38. The zero-order valence-electron chi connectivity index (χ0n) is 15.9. The van der Waals surface area contributed by atoms with Gasteiger partial charge in [-0.1, -0.05) is 37.3 Å². The second-order valence-corrected chi connectivity index (χ2v) is 6.20. The SMILES string of the molecule is CCc1ccccc1NC(=O)c1ccc(C(=O)Nc2ccccc2OC)cc1. The van der Waals surface area contributed by atoms with Gasteiger partial charge < -0.3 is 15.4 Å². The van der Waals surface area contributed by atoms with Crippen LogP contribution in [0.15, 0.2) is 72.8 Å². The molecular formula is C23H22N2O3. The number of benzene rings is 3. The second kappa shape index (κ2) is 8.86. The Labute approximate surface area is 164 Å². The molecule has 0 spiro atoms. The number of aryl methyl sites for hydroxylation is 1. The molecule has 0 saturated carbocycles. The van der Waals surface area contributed by atoms with E-state index in [1.807, 2.05) is 43.3 Å². The lowest BCUT2D eigenvalue weighted by Crippen LogP contribution is -2.15. The average molecular weight is 374 g/mol. The number of carbonyl (C=O) groups excluding carboxylic acids is 2. The minimum atomic E-state index is -0.271. The number of anilines is 2. The van der Waals surface area contributed by atoms with Crippen molar-refractivity contribution in [2.75, 3.05) is 17.7 Å². The molecule has 0 bridgehead atoms. The van der Waals surface area contributed by atoms with E-state index in [2.05, 4.69) is 10.6 Å². The first-order valence-electron chi connectivity index (χ1n) is 9.06. The van der Waals surface area contributed by atoms with Crippen LogP contribution in [0.5, 0.6) is 5.75 Å². The highest BCUT2D eigenvalue weighted by molar-refractivity contribution is 6.07. The Morgan fingerprint density at radius 2 is 1.25 bits per heavy atom. The van der Waals surface area contributed by atoms with Crippen LogP contribution in [0.3, 0.4) is 0 Å². The highest BCUT2D eigenvalue weighted by Gasteiger charge is 2.12. The molecule has 0 saturated heterocycles. The number of nitrogens with one attached hydrogen (secondary N) is 2. The van der Waals surface area contributed by atoms with E-state index in [4.69, 9.17) is 4.74 Å². The summed E-state index contributed by atoms with van der Waals surface area (Å²) >= 11 is 0. The average Bonchev–Trinajstić information content (AvgIpc) is 2.74. The molecule has 3 rings (SSSR count). The topological polar surface area (TPSA) is 67.4 Å². The first-order valence-corrected chi connectivity index (χ1v) is 9.06. The fourth-order valence-corrected chi connectivity index (χ4v) is 2.86. The van der Waals surface area contributed by atoms with Gasteiger partial charge in [0, 0.05) is 16.8 Å². The Morgan fingerprint density at radius 1 is 0.750 bits per heavy atom. The second-order valence-electron chi connectivity index (χ2n) is 6.20. The number of methoxy groups -OCH3 is 1. The van der Waals surface area contributed by atoms with Crippen LogP contribution >= 0.6 is 0 Å². The van der Waals surface area contributed by atoms with Gasteiger partial charge in [-0.05, 0) is 54.4 Å². The lowest BCUT2D eigenvalue weighted by Gasteiger charge is -2.11. The van der Waals surface area contributed by atoms with Gasteiger partial charge in [-0.3, -0.25) is 9.59 Å². The fraction of sp³-hybridized carbons (Fsp3) is 0.130. The van der Waals surface area contributed by atoms with Crippen LogP contribution in [0.1, 0.15) is 33.2 Å². The Balaban J connectivity index is 1.70. The Kier molecular flexibility index (Phi) is 6.07. The molecule has 3 aromatic carbocycles. The van der Waals surface area contributed by atoms with Crippen LogP contribution in [-0.4, -0.2) is 18.9 Å². The molecule has 0 radical (unpaired) electrons. The Bertz CT molecular complexity index is 901. The third-order valence-corrected chi connectivity index (χ3v) is 4.41. The van der Waals surface area contributed by atoms with Crippen molar-refractivity contribution in [2.24, 2.45) is 0 Å². The van der Waals surface area contributed by atoms with Gasteiger partial charge in [0.25, 0.3) is 11.8 Å². The van der Waals surface area contributed by atoms with E-state index in [1.165, 1.54) is 0 Å². The molecular weight excluding hydrogens is 352 g/mol. The van der Waals surface area contributed by atoms with Crippen LogP contribution < -0.4 is 15.4 Å². The van der Waals surface area contributed by atoms with Crippen LogP contribution in [0.2, 0.25) is 0 Å². The van der Waals surface area contributed by atoms with E-state index in [9.17, 15) is 9.59 Å². The summed E-state index contributed by atoms with van der Waals surface area (Å²) in [7, 11) is 1.55. The summed E-state index contributed by atoms with van der Waals surface area (Å²) in [6, 6.07) is 21.4. The molecule has 0 unspecified atom stereocenters. The predicted octanol–water partition coefficient (Wildman–Crippen LogP) is 4.76. The van der Waals surface area contributed by atoms with Crippen molar-refractivity contribution < 1.29 is 14.3 Å². The minimum absolute atomic E-state index is 0.211. The standard InChI is InChI=1S/C23H22N2O3/c1-3-16-8-4-5-9-19(16)24-22(26)17-12-14-18(15-13-17)23(27)25-20-10-6-7-11-21(20)28-2/h4-15H,3H2,1-2H3,(H,24,26)(H,25,27). The number of hydrogen-bond donors (Lipinski definition) is 2. The molecule has 5 nitrogen and oxygen atoms in total. The smallest absolute Gasteiger partial charge is 0.255 e. The maximum atomic E-state index is 12.5. The number of para-hydroxylation sites is 3. The maximum absolute atomic E-state index is 12.5. The molecule has 0 aliphatic heterocycles. The predicted molar refractivity (Wildman–Crippen MR) is 111 cm³/mol. The summed E-state index contributed by atoms with van der Waals surface area (Å²) in [5.41, 5.74) is 3.40. The van der Waals surface area contributed by atoms with Crippen LogP contribution in [0.4, 0.5) is 11.4 Å². The molecule has 142 valence electrons. The largest absolute Gasteiger partial charge is 0.495 e. The van der Waals surface area contributed by atoms with Crippen molar-refractivity contribution >= 4 is 23.2 Å². The molecule has 0 aliphatic rings. The van der Waals surface area contributed by atoms with E-state index >= 15 is 0 Å². The summed E-state index contributed by atoms with van der Waals surface area (Å²) < 4.78 is 5.24. The monoisotopic (exact) mass is 374 g/mol. The van der Waals surface area contributed by atoms with Crippen molar-refractivity contribution in [2.45, 2.75) is 13.3 Å². The summed E-state index contributed by atoms with van der Waals surface area (Å²) in [5.74, 6) is 0.104. The van der Waals surface area contributed by atoms with Gasteiger partial charge in [0.1, 0.15) is 5.75 Å². The summed E-state index contributed by atoms with van der Waals surface area (Å²) in [4.78, 5) is 25.0. The number of hydrogen-bond acceptors (Lipinski definition) is 3. The van der Waals surface area contributed by atoms with Gasteiger partial charge in [0.2, 0.25) is 0 Å². The van der Waals surface area contributed by atoms with Crippen molar-refractivity contribution in [1.82, 2.24) is 0 Å². The highest BCUT2D eigenvalue weighted by atomic mass is 16.5. The molecule has 0 aromatic heterocycles. The van der Waals surface area contributed by atoms with Gasteiger partial charge in [-0.25, -0.2) is 0 Å². The lowest BCUT2D eigenvalue weighted by atomic mass is 10.1. The van der Waals surface area contributed by atoms with E-state index < -0.39 is 0 Å². The van der Waals surface area contributed by atoms with Crippen molar-refractivity contribution in [3.05, 3.63) is 89.5 Å². The van der Waals surface area contributed by atoms with Gasteiger partial charge in [-0.15, -0.1) is 0 Å². The van der Waals surface area contributed by atoms with Gasteiger partial charge in [0.15, 0.2) is 0 Å². The van der Waals surface area contributed by atoms with E-state index in [0.717, 1.165) is 17.7 Å². The molecule has 0 atom stereocenters. The zero-order chi connectivity index (χ0) is 19.9. The number of carbonyl (C=O) groups is 2. The number of rotatable bonds is 6. The normalized spacial score (nSPS) is 10.2. The lowest BCUT2D eigenvalue weighted by molar-refractivity contribution is 0.101. The minimum Gasteiger partial charge on any atom is -0.495 e. The Hall–Kier alpha value is -3.60. The molecule has 0 fully saturated rings. The van der Waals surface area contributed by atoms with Gasteiger partial charge in [-0.2, -0.15) is 0 Å². The highest BCUT2D eigenvalue weighted by Crippen LogP contribution is 2.24. The fourth-order valence-electron chi connectivity index (χ4n) is 2.86. The summed E-state index contributed by atoms with van der Waals surface area (Å²) in [5, 5.41) is 5.74. The zero-order valence-corrected chi connectivity index (χ0v) is 15.9. The van der Waals surface area contributed by atoms with Gasteiger partial charge in [0.05, 0.1) is 12.8 Å². The van der Waals surface area contributed by atoms with Crippen LogP contribution in [0, 0.1) is 0 Å². The van der Waals surface area contributed by atoms with Crippen LogP contribution in [0.25, 0.3) is 0 Å². The number of ether oxygens (including phenoxy) is 1. The molecule has 2 N–H and O–H groups in total. The third-order valence-electron chi connectivity index (χ3n) is 4.41. The molecule has 2 amide bonds. The van der Waals surface area contributed by atoms with Crippen molar-refractivity contribution in [3.8, 4) is 5.75 Å². The van der Waals surface area contributed by atoms with E-state index in [0.29, 0.717) is 22.6 Å². The first kappa shape index (κ1) is 19.2.